The maximum absolute atomic E-state index is 13.3. The SMILES string of the molecule is Cc1ccc(N2NC(C(C)(C)C)C[C@@H]2NC(=O)Nc2ccc(OCCN3CCOCC3)c3ccccc23)cc1. The third-order valence-corrected chi connectivity index (χ3v) is 7.62. The second-order valence-electron chi connectivity index (χ2n) is 11.6. The molecular weight excluding hydrogens is 490 g/mol. The lowest BCUT2D eigenvalue weighted by atomic mass is 9.85. The van der Waals surface area contributed by atoms with Crippen molar-refractivity contribution in [1.82, 2.24) is 15.6 Å². The summed E-state index contributed by atoms with van der Waals surface area (Å²) in [5.41, 5.74) is 6.66. The Morgan fingerprint density at radius 1 is 1.03 bits per heavy atom. The van der Waals surface area contributed by atoms with Crippen LogP contribution in [0.25, 0.3) is 10.8 Å². The van der Waals surface area contributed by atoms with E-state index in [0.717, 1.165) is 67.2 Å². The predicted octanol–water partition coefficient (Wildman–Crippen LogP) is 5.14. The topological polar surface area (TPSA) is 78.1 Å². The molecule has 3 aromatic rings. The number of ether oxygens (including phenoxy) is 2. The van der Waals surface area contributed by atoms with Crippen LogP contribution in [-0.4, -0.2) is 62.6 Å². The van der Waals surface area contributed by atoms with Crippen molar-refractivity contribution in [1.29, 1.82) is 0 Å². The van der Waals surface area contributed by atoms with Crippen molar-refractivity contribution in [3.8, 4) is 5.75 Å². The number of carbonyl (C=O) groups is 1. The Labute approximate surface area is 231 Å². The van der Waals surface area contributed by atoms with E-state index in [0.29, 0.717) is 6.61 Å². The number of anilines is 2. The average Bonchev–Trinajstić information content (AvgIpc) is 3.35. The zero-order valence-corrected chi connectivity index (χ0v) is 23.5. The fourth-order valence-electron chi connectivity index (χ4n) is 5.20. The number of hydrogen-bond donors (Lipinski definition) is 3. The van der Waals surface area contributed by atoms with Crippen molar-refractivity contribution in [3.05, 3.63) is 66.2 Å². The molecule has 0 aliphatic carbocycles. The van der Waals surface area contributed by atoms with Gasteiger partial charge in [-0.2, -0.15) is 0 Å². The number of fused-ring (bicyclic) bond motifs is 1. The fourth-order valence-corrected chi connectivity index (χ4v) is 5.20. The summed E-state index contributed by atoms with van der Waals surface area (Å²) in [7, 11) is 0. The molecule has 0 aromatic heterocycles. The second kappa shape index (κ2) is 11.8. The van der Waals surface area contributed by atoms with Crippen LogP contribution in [0.1, 0.15) is 32.8 Å². The smallest absolute Gasteiger partial charge is 0.320 e. The molecule has 2 fully saturated rings. The molecule has 2 amide bonds. The molecule has 2 saturated heterocycles. The van der Waals surface area contributed by atoms with Crippen LogP contribution in [0.15, 0.2) is 60.7 Å². The molecule has 1 unspecified atom stereocenters. The minimum absolute atomic E-state index is 0.0453. The van der Waals surface area contributed by atoms with E-state index in [1.54, 1.807) is 0 Å². The zero-order valence-electron chi connectivity index (χ0n) is 23.5. The Hall–Kier alpha value is -3.33. The molecule has 2 aliphatic heterocycles. The van der Waals surface area contributed by atoms with Crippen LogP contribution in [0.4, 0.5) is 16.2 Å². The molecule has 5 rings (SSSR count). The van der Waals surface area contributed by atoms with Crippen molar-refractivity contribution in [2.24, 2.45) is 5.41 Å². The number of nitrogens with zero attached hydrogens (tertiary/aromatic N) is 2. The van der Waals surface area contributed by atoms with Crippen LogP contribution < -0.4 is 25.8 Å². The first-order chi connectivity index (χ1) is 18.8. The number of amides is 2. The van der Waals surface area contributed by atoms with E-state index in [-0.39, 0.29) is 23.7 Å². The van der Waals surface area contributed by atoms with Gasteiger partial charge in [0.2, 0.25) is 0 Å². The first kappa shape index (κ1) is 27.2. The lowest BCUT2D eigenvalue weighted by Crippen LogP contribution is -2.50. The lowest BCUT2D eigenvalue weighted by molar-refractivity contribution is 0.0323. The number of benzene rings is 3. The number of hydrogen-bond acceptors (Lipinski definition) is 6. The van der Waals surface area contributed by atoms with E-state index in [1.165, 1.54) is 5.56 Å². The molecule has 2 heterocycles. The Balaban J connectivity index is 1.28. The van der Waals surface area contributed by atoms with Gasteiger partial charge >= 0.3 is 6.03 Å². The minimum atomic E-state index is -0.236. The number of carbonyl (C=O) groups excluding carboxylic acids is 1. The summed E-state index contributed by atoms with van der Waals surface area (Å²) in [6, 6.07) is 20.3. The molecule has 39 heavy (non-hydrogen) atoms. The van der Waals surface area contributed by atoms with Crippen LogP contribution in [0.2, 0.25) is 0 Å². The Morgan fingerprint density at radius 3 is 2.46 bits per heavy atom. The maximum Gasteiger partial charge on any atom is 0.320 e. The van der Waals surface area contributed by atoms with Gasteiger partial charge in [-0.1, -0.05) is 62.7 Å². The highest BCUT2D eigenvalue weighted by Crippen LogP contribution is 2.33. The highest BCUT2D eigenvalue weighted by Gasteiger charge is 2.39. The Morgan fingerprint density at radius 2 is 1.74 bits per heavy atom. The van der Waals surface area contributed by atoms with Gasteiger partial charge in [0.15, 0.2) is 0 Å². The van der Waals surface area contributed by atoms with Crippen LogP contribution >= 0.6 is 0 Å². The van der Waals surface area contributed by atoms with E-state index in [9.17, 15) is 4.79 Å². The largest absolute Gasteiger partial charge is 0.492 e. The van der Waals surface area contributed by atoms with E-state index >= 15 is 0 Å². The van der Waals surface area contributed by atoms with E-state index in [4.69, 9.17) is 9.47 Å². The van der Waals surface area contributed by atoms with Crippen molar-refractivity contribution in [2.45, 2.75) is 46.3 Å². The Kier molecular flexibility index (Phi) is 8.26. The third kappa shape index (κ3) is 6.64. The van der Waals surface area contributed by atoms with Crippen molar-refractivity contribution < 1.29 is 14.3 Å². The molecular formula is C31H41N5O3. The fraction of sp³-hybridized carbons (Fsp3) is 0.452. The van der Waals surface area contributed by atoms with E-state index in [2.05, 4.69) is 77.9 Å². The summed E-state index contributed by atoms with van der Waals surface area (Å²) in [5, 5.41) is 10.3. The Bertz CT molecular complexity index is 1270. The van der Waals surface area contributed by atoms with Gasteiger partial charge in [-0.05, 0) is 36.6 Å². The molecule has 2 atom stereocenters. The molecule has 2 aliphatic rings. The number of morpholine rings is 1. The normalized spacial score (nSPS) is 20.3. The highest BCUT2D eigenvalue weighted by atomic mass is 16.5. The predicted molar refractivity (Wildman–Crippen MR) is 157 cm³/mol. The van der Waals surface area contributed by atoms with Gasteiger partial charge in [0.1, 0.15) is 18.5 Å². The number of nitrogens with one attached hydrogen (secondary N) is 3. The molecule has 8 nitrogen and oxygen atoms in total. The summed E-state index contributed by atoms with van der Waals surface area (Å²) >= 11 is 0. The van der Waals surface area contributed by atoms with Crippen molar-refractivity contribution >= 4 is 28.2 Å². The molecule has 208 valence electrons. The summed E-state index contributed by atoms with van der Waals surface area (Å²) in [4.78, 5) is 15.7. The minimum Gasteiger partial charge on any atom is -0.492 e. The zero-order chi connectivity index (χ0) is 27.4. The van der Waals surface area contributed by atoms with Crippen LogP contribution in [0.3, 0.4) is 0 Å². The molecule has 3 aromatic carbocycles. The highest BCUT2D eigenvalue weighted by molar-refractivity contribution is 6.04. The summed E-state index contributed by atoms with van der Waals surface area (Å²) in [6.45, 7) is 13.6. The van der Waals surface area contributed by atoms with Gasteiger partial charge in [-0.25, -0.2) is 10.2 Å². The second-order valence-corrected chi connectivity index (χ2v) is 11.6. The third-order valence-electron chi connectivity index (χ3n) is 7.62. The van der Waals surface area contributed by atoms with Gasteiger partial charge < -0.3 is 20.1 Å². The molecule has 8 heteroatoms. The first-order valence-electron chi connectivity index (χ1n) is 13.9. The summed E-state index contributed by atoms with van der Waals surface area (Å²) < 4.78 is 11.6. The van der Waals surface area contributed by atoms with Gasteiger partial charge in [0, 0.05) is 42.9 Å². The number of hydrazine groups is 1. The number of urea groups is 1. The lowest BCUT2D eigenvalue weighted by Gasteiger charge is -2.29. The van der Waals surface area contributed by atoms with Crippen molar-refractivity contribution in [3.63, 3.8) is 0 Å². The van der Waals surface area contributed by atoms with E-state index in [1.807, 2.05) is 36.4 Å². The van der Waals surface area contributed by atoms with Crippen LogP contribution in [-0.2, 0) is 4.74 Å². The molecule has 0 saturated carbocycles. The average molecular weight is 532 g/mol. The molecule has 0 radical (unpaired) electrons. The number of aryl methyl sites for hydroxylation is 1. The summed E-state index contributed by atoms with van der Waals surface area (Å²) in [5.74, 6) is 0.823. The molecule has 0 bridgehead atoms. The van der Waals surface area contributed by atoms with E-state index < -0.39 is 0 Å². The van der Waals surface area contributed by atoms with Gasteiger partial charge in [-0.15, -0.1) is 0 Å². The van der Waals surface area contributed by atoms with Crippen LogP contribution in [0.5, 0.6) is 5.75 Å². The standard InChI is InChI=1S/C31H41N5O3/c1-22-9-11-23(12-10-22)36-29(21-28(34-36)31(2,3)4)33-30(37)32-26-13-14-27(25-8-6-5-7-24(25)26)39-20-17-35-15-18-38-19-16-35/h5-14,28-29,34H,15-21H2,1-4H3,(H2,32,33,37)/t28?,29-/m1/s1. The quantitative estimate of drug-likeness (QED) is 0.392. The summed E-state index contributed by atoms with van der Waals surface area (Å²) in [6.07, 6.45) is 0.604. The van der Waals surface area contributed by atoms with Crippen molar-refractivity contribution in [2.75, 3.05) is 49.8 Å². The monoisotopic (exact) mass is 531 g/mol. The van der Waals surface area contributed by atoms with Crippen LogP contribution in [0, 0.1) is 12.3 Å². The molecule has 0 spiro atoms. The number of rotatable bonds is 7. The maximum atomic E-state index is 13.3. The van der Waals surface area contributed by atoms with Gasteiger partial charge in [0.05, 0.1) is 24.6 Å². The first-order valence-corrected chi connectivity index (χ1v) is 13.9. The molecule has 3 N–H and O–H groups in total. The van der Waals surface area contributed by atoms with Gasteiger partial charge in [0.25, 0.3) is 0 Å². The van der Waals surface area contributed by atoms with Gasteiger partial charge in [-0.3, -0.25) is 9.91 Å².